The summed E-state index contributed by atoms with van der Waals surface area (Å²) in [5, 5.41) is 0. The molecule has 0 N–H and O–H groups in total. The van der Waals surface area contributed by atoms with Crippen molar-refractivity contribution in [2.45, 2.75) is 96.3 Å². The van der Waals surface area contributed by atoms with Gasteiger partial charge in [0.2, 0.25) is 0 Å². The molecule has 5 heteroatoms. The summed E-state index contributed by atoms with van der Waals surface area (Å²) in [5.74, 6) is 4.43. The highest BCUT2D eigenvalue weighted by Crippen LogP contribution is 2.62. The highest BCUT2D eigenvalue weighted by Gasteiger charge is 2.53. The van der Waals surface area contributed by atoms with E-state index in [1.54, 1.807) is 0 Å². The van der Waals surface area contributed by atoms with E-state index in [4.69, 9.17) is 4.98 Å². The second kappa shape index (κ2) is 14.5. The minimum absolute atomic E-state index is 0.00803. The first-order valence-corrected chi connectivity index (χ1v) is 23.9. The summed E-state index contributed by atoms with van der Waals surface area (Å²) in [7, 11) is 0. The van der Waals surface area contributed by atoms with E-state index in [2.05, 4.69) is 214 Å². The van der Waals surface area contributed by atoms with Gasteiger partial charge in [-0.2, -0.15) is 0 Å². The molecule has 318 valence electrons. The number of hydrogen-bond donors (Lipinski definition) is 0. The third kappa shape index (κ3) is 6.36. The number of pyridine rings is 1. The molecule has 4 bridgehead atoms. The van der Waals surface area contributed by atoms with Crippen molar-refractivity contribution in [1.29, 1.82) is 0 Å². The van der Waals surface area contributed by atoms with Gasteiger partial charge >= 0.3 is 0 Å². The highest BCUT2D eigenvalue weighted by atomic mass is 15.3. The van der Waals surface area contributed by atoms with Gasteiger partial charge in [0.15, 0.2) is 0 Å². The van der Waals surface area contributed by atoms with Crippen molar-refractivity contribution in [3.05, 3.63) is 174 Å². The van der Waals surface area contributed by atoms with Crippen molar-refractivity contribution in [1.82, 2.24) is 4.98 Å². The molecule has 4 aliphatic carbocycles. The summed E-state index contributed by atoms with van der Waals surface area (Å²) in [6.45, 7) is 13.7. The van der Waals surface area contributed by atoms with Crippen LogP contribution in [0.15, 0.2) is 158 Å². The van der Waals surface area contributed by atoms with E-state index in [1.807, 2.05) is 0 Å². The summed E-state index contributed by atoms with van der Waals surface area (Å²) in [6.07, 6.45) is 8.20. The van der Waals surface area contributed by atoms with Gasteiger partial charge in [0, 0.05) is 39.8 Å². The molecule has 0 amide bonds. The number of nitrogens with zero attached hydrogens (tertiary/aromatic N) is 4. The van der Waals surface area contributed by atoms with E-state index in [-0.39, 0.29) is 23.0 Å². The molecule has 3 heterocycles. The normalized spacial score (nSPS) is 21.7. The van der Waals surface area contributed by atoms with Crippen LogP contribution in [0.4, 0.5) is 51.4 Å². The molecule has 64 heavy (non-hydrogen) atoms. The molecule has 0 radical (unpaired) electrons. The Morgan fingerprint density at radius 2 is 1.00 bits per heavy atom. The second-order valence-electron chi connectivity index (χ2n) is 22.0. The first-order valence-electron chi connectivity index (χ1n) is 23.9. The number of aromatic nitrogens is 1. The van der Waals surface area contributed by atoms with E-state index < -0.39 is 0 Å². The fraction of sp³-hybridized carbons (Fsp3) is 0.305. The highest BCUT2D eigenvalue weighted by molar-refractivity contribution is 7.00. The van der Waals surface area contributed by atoms with E-state index >= 15 is 0 Å². The molecule has 1 aromatic heterocycles. The van der Waals surface area contributed by atoms with Crippen LogP contribution in [-0.2, 0) is 16.2 Å². The van der Waals surface area contributed by atoms with Crippen LogP contribution < -0.4 is 31.1 Å². The van der Waals surface area contributed by atoms with Crippen LogP contribution in [0.2, 0.25) is 0 Å². The summed E-state index contributed by atoms with van der Waals surface area (Å²) in [4.78, 5) is 13.4. The lowest BCUT2D eigenvalue weighted by Gasteiger charge is -2.57. The maximum Gasteiger partial charge on any atom is 0.254 e. The first kappa shape index (κ1) is 39.5. The summed E-state index contributed by atoms with van der Waals surface area (Å²) >= 11 is 0. The van der Waals surface area contributed by atoms with Crippen LogP contribution in [0, 0.1) is 17.8 Å². The van der Waals surface area contributed by atoms with Crippen molar-refractivity contribution < 1.29 is 0 Å². The van der Waals surface area contributed by atoms with E-state index in [1.165, 1.54) is 94.4 Å². The fourth-order valence-corrected chi connectivity index (χ4v) is 13.0. The van der Waals surface area contributed by atoms with Gasteiger partial charge in [-0.3, -0.25) is 9.80 Å². The number of para-hydroxylation sites is 3. The van der Waals surface area contributed by atoms with Crippen molar-refractivity contribution in [2.75, 3.05) is 14.7 Å². The van der Waals surface area contributed by atoms with Crippen LogP contribution in [0.1, 0.15) is 96.8 Å². The molecule has 4 saturated carbocycles. The van der Waals surface area contributed by atoms with Gasteiger partial charge in [-0.05, 0) is 178 Å². The van der Waals surface area contributed by atoms with Gasteiger partial charge in [-0.15, -0.1) is 0 Å². The van der Waals surface area contributed by atoms with Crippen LogP contribution in [-0.4, -0.2) is 11.7 Å². The van der Waals surface area contributed by atoms with Crippen molar-refractivity contribution >= 4 is 74.5 Å². The summed E-state index contributed by atoms with van der Waals surface area (Å²) in [6, 6.07) is 59.6. The molecule has 6 aromatic carbocycles. The molecule has 0 saturated heterocycles. The van der Waals surface area contributed by atoms with Crippen LogP contribution >= 0.6 is 0 Å². The number of benzene rings is 6. The Labute approximate surface area is 381 Å². The predicted octanol–water partition coefficient (Wildman–Crippen LogP) is 13.7. The zero-order chi connectivity index (χ0) is 43.5. The van der Waals surface area contributed by atoms with Gasteiger partial charge in [-0.25, -0.2) is 4.98 Å². The van der Waals surface area contributed by atoms with E-state index in [0.717, 1.165) is 46.5 Å². The first-order chi connectivity index (χ1) is 30.9. The Balaban J connectivity index is 1.11. The topological polar surface area (TPSA) is 22.6 Å². The molecule has 0 atom stereocenters. The van der Waals surface area contributed by atoms with Crippen LogP contribution in [0.5, 0.6) is 0 Å². The SMILES string of the molecule is CC(C)(C)c1ccc(N(c2ccc(C(C)(C)C)cc2)c2ccc3c(n2)N(c2ccccc2)c2cc(C45CC6CC(CC(C6)C4)C5)cc4c2B3c2ccccc2N4c2ccccc2)cc1. The zero-order valence-corrected chi connectivity index (χ0v) is 38.4. The van der Waals surface area contributed by atoms with Crippen LogP contribution in [0.3, 0.4) is 0 Å². The molecule has 6 aliphatic rings. The third-order valence-electron chi connectivity index (χ3n) is 15.7. The van der Waals surface area contributed by atoms with Gasteiger partial charge in [0.05, 0.1) is 0 Å². The number of hydrogen-bond acceptors (Lipinski definition) is 4. The lowest BCUT2D eigenvalue weighted by molar-refractivity contribution is -0.00514. The Morgan fingerprint density at radius 3 is 1.53 bits per heavy atom. The molecular weight excluding hydrogens is 775 g/mol. The van der Waals surface area contributed by atoms with Crippen LogP contribution in [0.25, 0.3) is 0 Å². The van der Waals surface area contributed by atoms with E-state index in [0.29, 0.717) is 0 Å². The Morgan fingerprint density at radius 1 is 0.516 bits per heavy atom. The average Bonchev–Trinajstić information content (AvgIpc) is 3.29. The molecule has 4 fully saturated rings. The number of anilines is 9. The van der Waals surface area contributed by atoms with Gasteiger partial charge < -0.3 is 4.90 Å². The molecule has 7 aromatic rings. The molecule has 0 spiro atoms. The van der Waals surface area contributed by atoms with Gasteiger partial charge in [0.1, 0.15) is 11.6 Å². The zero-order valence-electron chi connectivity index (χ0n) is 38.4. The largest absolute Gasteiger partial charge is 0.311 e. The smallest absolute Gasteiger partial charge is 0.254 e. The summed E-state index contributed by atoms with van der Waals surface area (Å²) < 4.78 is 0. The van der Waals surface area contributed by atoms with Crippen molar-refractivity contribution in [3.63, 3.8) is 0 Å². The maximum atomic E-state index is 5.93. The van der Waals surface area contributed by atoms with Gasteiger partial charge in [0.25, 0.3) is 6.71 Å². The third-order valence-corrected chi connectivity index (χ3v) is 15.7. The molecule has 13 rings (SSSR count). The standard InChI is InChI=1S/C59H59BN4/c1-57(2,3)42-21-25-47(26-22-42)62(48-27-23-43(24-28-48)58(4,5)6)54-30-29-50-56(61-54)64(46-17-11-8-12-18-46)53-35-44(59-36-39-31-40(37-59)33-41(32-39)38-59)34-52-55(53)60(50)49-19-13-14-20-51(49)63(52)45-15-9-7-10-16-45/h7-30,34-35,39-41H,31-33,36-38H2,1-6H3. The Hall–Kier alpha value is -6.07. The molecule has 4 nitrogen and oxygen atoms in total. The van der Waals surface area contributed by atoms with Crippen molar-refractivity contribution in [3.8, 4) is 0 Å². The second-order valence-corrected chi connectivity index (χ2v) is 22.0. The number of fused-ring (bicyclic) bond motifs is 4. The van der Waals surface area contributed by atoms with Crippen molar-refractivity contribution in [2.24, 2.45) is 17.8 Å². The fourth-order valence-electron chi connectivity index (χ4n) is 13.0. The average molecular weight is 835 g/mol. The molecule has 0 unspecified atom stereocenters. The van der Waals surface area contributed by atoms with Gasteiger partial charge in [-0.1, -0.05) is 126 Å². The lowest BCUT2D eigenvalue weighted by atomic mass is 9.33. The van der Waals surface area contributed by atoms with E-state index in [9.17, 15) is 0 Å². The monoisotopic (exact) mass is 834 g/mol. The lowest BCUT2D eigenvalue weighted by Crippen LogP contribution is -2.62. The molecule has 2 aliphatic heterocycles. The Kier molecular flexibility index (Phi) is 8.94. The minimum atomic E-state index is 0.00803. The summed E-state index contributed by atoms with van der Waals surface area (Å²) in [5.41, 5.74) is 16.7. The quantitative estimate of drug-likeness (QED) is 0.156. The maximum absolute atomic E-state index is 5.93. The minimum Gasteiger partial charge on any atom is -0.311 e. The predicted molar refractivity (Wildman–Crippen MR) is 270 cm³/mol. The molecular formula is C59H59BN4. The Bertz CT molecular complexity index is 2800. The number of rotatable bonds is 6.